The minimum atomic E-state index is -1.82. The number of benzene rings is 3. The number of ketones is 2. The molecule has 0 spiro atoms. The van der Waals surface area contributed by atoms with Crippen molar-refractivity contribution < 1.29 is 14.4 Å². The third kappa shape index (κ3) is 2.93. The molecular formula is C24H19NO3. The normalized spacial score (nSPS) is 14.2. The lowest BCUT2D eigenvalue weighted by Gasteiger charge is -2.25. The van der Waals surface area contributed by atoms with E-state index in [0.717, 1.165) is 11.1 Å². The molecule has 1 heterocycles. The quantitative estimate of drug-likeness (QED) is 0.677. The van der Waals surface area contributed by atoms with Crippen molar-refractivity contribution in [3.8, 4) is 0 Å². The molecule has 1 aliphatic rings. The Labute approximate surface area is 163 Å². The maximum atomic E-state index is 13.5. The van der Waals surface area contributed by atoms with Gasteiger partial charge in [0.15, 0.2) is 17.0 Å². The summed E-state index contributed by atoms with van der Waals surface area (Å²) in [4.78, 5) is 40.0. The molecule has 3 aromatic carbocycles. The molecule has 1 aliphatic heterocycles. The molecule has 0 saturated heterocycles. The van der Waals surface area contributed by atoms with Crippen LogP contribution in [0, 0.1) is 0 Å². The van der Waals surface area contributed by atoms with Crippen molar-refractivity contribution in [2.45, 2.75) is 18.3 Å². The summed E-state index contributed by atoms with van der Waals surface area (Å²) < 4.78 is 0. The molecular weight excluding hydrogens is 350 g/mol. The zero-order chi connectivity index (χ0) is 19.6. The van der Waals surface area contributed by atoms with Gasteiger partial charge < -0.3 is 5.32 Å². The Kier molecular flexibility index (Phi) is 4.62. The van der Waals surface area contributed by atoms with Crippen LogP contribution in [-0.4, -0.2) is 17.5 Å². The fraction of sp³-hybridized carbons (Fsp3) is 0.125. The van der Waals surface area contributed by atoms with Crippen molar-refractivity contribution >= 4 is 23.2 Å². The fourth-order valence-electron chi connectivity index (χ4n) is 3.79. The largest absolute Gasteiger partial charge is 0.324 e. The van der Waals surface area contributed by atoms with Crippen LogP contribution in [0.15, 0.2) is 84.9 Å². The maximum Gasteiger partial charge on any atom is 0.250 e. The number of nitrogens with one attached hydrogen (secondary N) is 1. The van der Waals surface area contributed by atoms with Crippen LogP contribution in [0.25, 0.3) is 0 Å². The standard InChI is InChI=1S/C24H19NO3/c26-21(15-17-9-3-1-4-10-17)24(22(27)16-18-11-5-2-6-12-18)19-13-7-8-14-20(19)25-23(24)28/h1-14H,15-16H2,(H,25,28). The van der Waals surface area contributed by atoms with Gasteiger partial charge in [-0.2, -0.15) is 0 Å². The maximum absolute atomic E-state index is 13.5. The summed E-state index contributed by atoms with van der Waals surface area (Å²) in [7, 11) is 0. The highest BCUT2D eigenvalue weighted by Gasteiger charge is 2.57. The highest BCUT2D eigenvalue weighted by Crippen LogP contribution is 2.40. The van der Waals surface area contributed by atoms with Gasteiger partial charge in [-0.15, -0.1) is 0 Å². The van der Waals surface area contributed by atoms with E-state index in [0.29, 0.717) is 11.3 Å². The van der Waals surface area contributed by atoms with Gasteiger partial charge in [0.1, 0.15) is 0 Å². The summed E-state index contributed by atoms with van der Waals surface area (Å²) >= 11 is 0. The molecule has 0 unspecified atom stereocenters. The molecule has 0 bridgehead atoms. The van der Waals surface area contributed by atoms with Crippen molar-refractivity contribution in [1.82, 2.24) is 0 Å². The van der Waals surface area contributed by atoms with Gasteiger partial charge in [-0.3, -0.25) is 14.4 Å². The second kappa shape index (κ2) is 7.24. The zero-order valence-corrected chi connectivity index (χ0v) is 15.2. The number of hydrogen-bond acceptors (Lipinski definition) is 3. The van der Waals surface area contributed by atoms with E-state index < -0.39 is 22.9 Å². The van der Waals surface area contributed by atoms with E-state index in [4.69, 9.17) is 0 Å². The van der Waals surface area contributed by atoms with E-state index in [-0.39, 0.29) is 12.8 Å². The lowest BCUT2D eigenvalue weighted by atomic mass is 9.71. The van der Waals surface area contributed by atoms with Crippen LogP contribution in [0.3, 0.4) is 0 Å². The van der Waals surface area contributed by atoms with Gasteiger partial charge in [0.05, 0.1) is 0 Å². The molecule has 0 radical (unpaired) electrons. The van der Waals surface area contributed by atoms with E-state index in [1.165, 1.54) is 0 Å². The van der Waals surface area contributed by atoms with Gasteiger partial charge in [-0.25, -0.2) is 0 Å². The molecule has 0 fully saturated rings. The molecule has 1 N–H and O–H groups in total. The molecule has 28 heavy (non-hydrogen) atoms. The summed E-state index contributed by atoms with van der Waals surface area (Å²) in [6.45, 7) is 0. The van der Waals surface area contributed by atoms with Gasteiger partial charge in [0, 0.05) is 24.1 Å². The topological polar surface area (TPSA) is 63.2 Å². The van der Waals surface area contributed by atoms with E-state index in [1.807, 2.05) is 60.7 Å². The molecule has 138 valence electrons. The van der Waals surface area contributed by atoms with Gasteiger partial charge in [-0.05, 0) is 17.2 Å². The van der Waals surface area contributed by atoms with Crippen molar-refractivity contribution in [2.24, 2.45) is 0 Å². The molecule has 0 aromatic heterocycles. The average Bonchev–Trinajstić information content (AvgIpc) is 3.02. The summed E-state index contributed by atoms with van der Waals surface area (Å²) in [6, 6.07) is 25.3. The third-order valence-electron chi connectivity index (χ3n) is 5.17. The van der Waals surface area contributed by atoms with E-state index in [2.05, 4.69) is 5.32 Å². The van der Waals surface area contributed by atoms with Gasteiger partial charge in [0.2, 0.25) is 5.91 Å². The number of Topliss-reactive ketones (excluding diaryl/α,β-unsaturated/α-hetero) is 2. The first-order chi connectivity index (χ1) is 13.6. The molecule has 4 heteroatoms. The number of para-hydroxylation sites is 1. The van der Waals surface area contributed by atoms with Crippen molar-refractivity contribution in [3.05, 3.63) is 102 Å². The minimum Gasteiger partial charge on any atom is -0.324 e. The molecule has 4 nitrogen and oxygen atoms in total. The molecule has 1 amide bonds. The first kappa shape index (κ1) is 17.9. The second-order valence-electron chi connectivity index (χ2n) is 6.92. The lowest BCUT2D eigenvalue weighted by Crippen LogP contribution is -2.51. The van der Waals surface area contributed by atoms with Crippen LogP contribution in [0.5, 0.6) is 0 Å². The van der Waals surface area contributed by atoms with Gasteiger partial charge in [0.25, 0.3) is 0 Å². The van der Waals surface area contributed by atoms with Crippen LogP contribution in [-0.2, 0) is 32.6 Å². The Morgan fingerprint density at radius 1 is 0.679 bits per heavy atom. The SMILES string of the molecule is O=C(Cc1ccccc1)C1(C(=O)Cc2ccccc2)C(=O)Nc2ccccc21. The van der Waals surface area contributed by atoms with Crippen LogP contribution >= 0.6 is 0 Å². The Morgan fingerprint density at radius 3 is 1.68 bits per heavy atom. The average molecular weight is 369 g/mol. The Balaban J connectivity index is 1.79. The Hall–Kier alpha value is -3.53. The van der Waals surface area contributed by atoms with Gasteiger partial charge in [-0.1, -0.05) is 78.9 Å². The van der Waals surface area contributed by atoms with Crippen molar-refractivity contribution in [2.75, 3.05) is 5.32 Å². The van der Waals surface area contributed by atoms with E-state index >= 15 is 0 Å². The monoisotopic (exact) mass is 369 g/mol. The third-order valence-corrected chi connectivity index (χ3v) is 5.17. The highest BCUT2D eigenvalue weighted by molar-refractivity contribution is 6.35. The van der Waals surface area contributed by atoms with Gasteiger partial charge >= 0.3 is 0 Å². The predicted molar refractivity (Wildman–Crippen MR) is 107 cm³/mol. The van der Waals surface area contributed by atoms with E-state index in [9.17, 15) is 14.4 Å². The Morgan fingerprint density at radius 2 is 1.14 bits per heavy atom. The number of rotatable bonds is 6. The minimum absolute atomic E-state index is 0.0170. The molecule has 0 saturated carbocycles. The summed E-state index contributed by atoms with van der Waals surface area (Å²) in [6.07, 6.45) is 0.0340. The highest BCUT2D eigenvalue weighted by atomic mass is 16.2. The molecule has 0 aliphatic carbocycles. The number of carbonyl (C=O) groups excluding carboxylic acids is 3. The number of hydrogen-bond donors (Lipinski definition) is 1. The fourth-order valence-corrected chi connectivity index (χ4v) is 3.79. The molecule has 0 atom stereocenters. The summed E-state index contributed by atoms with van der Waals surface area (Å²) in [5.74, 6) is -1.36. The number of amides is 1. The summed E-state index contributed by atoms with van der Waals surface area (Å²) in [5, 5.41) is 2.74. The van der Waals surface area contributed by atoms with Crippen molar-refractivity contribution in [3.63, 3.8) is 0 Å². The predicted octanol–water partition coefficient (Wildman–Crippen LogP) is 3.50. The van der Waals surface area contributed by atoms with E-state index in [1.54, 1.807) is 24.3 Å². The number of anilines is 1. The zero-order valence-electron chi connectivity index (χ0n) is 15.2. The molecule has 3 aromatic rings. The first-order valence-electron chi connectivity index (χ1n) is 9.18. The van der Waals surface area contributed by atoms with Crippen molar-refractivity contribution in [1.29, 1.82) is 0 Å². The lowest BCUT2D eigenvalue weighted by molar-refractivity contribution is -0.140. The smallest absolute Gasteiger partial charge is 0.250 e. The van der Waals surface area contributed by atoms with Crippen LogP contribution in [0.1, 0.15) is 16.7 Å². The first-order valence-corrected chi connectivity index (χ1v) is 9.18. The molecule has 4 rings (SSSR count). The van der Waals surface area contributed by atoms with Crippen LogP contribution in [0.4, 0.5) is 5.69 Å². The number of fused-ring (bicyclic) bond motifs is 1. The summed E-state index contributed by atoms with van der Waals surface area (Å²) in [5.41, 5.74) is 0.702. The van der Waals surface area contributed by atoms with Crippen LogP contribution in [0.2, 0.25) is 0 Å². The second-order valence-corrected chi connectivity index (χ2v) is 6.92. The Bertz CT molecular complexity index is 988. The number of carbonyl (C=O) groups is 3. The van der Waals surface area contributed by atoms with Crippen LogP contribution < -0.4 is 5.32 Å².